The Morgan fingerprint density at radius 2 is 2.05 bits per heavy atom. The maximum Gasteiger partial charge on any atom is 0.171 e. The molecule has 1 aromatic carbocycles. The molecule has 0 spiro atoms. The van der Waals surface area contributed by atoms with Crippen LogP contribution in [0.5, 0.6) is 0 Å². The monoisotopic (exact) mass is 336 g/mol. The summed E-state index contributed by atoms with van der Waals surface area (Å²) < 4.78 is 0.773. The van der Waals surface area contributed by atoms with Gasteiger partial charge in [-0.3, -0.25) is 0 Å². The predicted octanol–water partition coefficient (Wildman–Crippen LogP) is 4.12. The van der Waals surface area contributed by atoms with Crippen molar-refractivity contribution < 1.29 is 0 Å². The van der Waals surface area contributed by atoms with Crippen LogP contribution in [-0.2, 0) is 0 Å². The second-order valence-corrected chi connectivity index (χ2v) is 5.26. The van der Waals surface area contributed by atoms with E-state index in [0.717, 1.165) is 21.4 Å². The van der Waals surface area contributed by atoms with Gasteiger partial charge in [-0.1, -0.05) is 11.6 Å². The molecule has 19 heavy (non-hydrogen) atoms. The molecule has 4 nitrogen and oxygen atoms in total. The molecule has 1 aromatic heterocycles. The molecule has 1 N–H and O–H groups in total. The van der Waals surface area contributed by atoms with Crippen molar-refractivity contribution in [3.05, 3.63) is 44.5 Å². The molecule has 0 aliphatic rings. The molecule has 1 heterocycles. The van der Waals surface area contributed by atoms with Gasteiger partial charge in [-0.2, -0.15) is 10.4 Å². The number of nitrogens with one attached hydrogen (secondary N) is 1. The number of halogens is 2. The SMILES string of the molecule is Cc1nnc(Nc2ccc(Cl)c(Br)c2)c(C#N)c1C. The van der Waals surface area contributed by atoms with Crippen LogP contribution in [0.3, 0.4) is 0 Å². The van der Waals surface area contributed by atoms with E-state index in [9.17, 15) is 5.26 Å². The van der Waals surface area contributed by atoms with Crippen LogP contribution in [0.25, 0.3) is 0 Å². The van der Waals surface area contributed by atoms with Crippen molar-refractivity contribution >= 4 is 39.0 Å². The summed E-state index contributed by atoms with van der Waals surface area (Å²) in [5.74, 6) is 0.444. The maximum atomic E-state index is 9.21. The highest BCUT2D eigenvalue weighted by Crippen LogP contribution is 2.28. The van der Waals surface area contributed by atoms with Crippen molar-refractivity contribution in [2.45, 2.75) is 13.8 Å². The lowest BCUT2D eigenvalue weighted by molar-refractivity contribution is 0.960. The maximum absolute atomic E-state index is 9.21. The number of aryl methyl sites for hydroxylation is 1. The zero-order chi connectivity index (χ0) is 14.0. The van der Waals surface area contributed by atoms with E-state index in [2.05, 4.69) is 37.5 Å². The smallest absolute Gasteiger partial charge is 0.171 e. The fraction of sp³-hybridized carbons (Fsp3) is 0.154. The van der Waals surface area contributed by atoms with E-state index in [-0.39, 0.29) is 0 Å². The van der Waals surface area contributed by atoms with Crippen molar-refractivity contribution in [1.82, 2.24) is 10.2 Å². The Hall–Kier alpha value is -1.64. The first-order valence-corrected chi connectivity index (χ1v) is 6.66. The summed E-state index contributed by atoms with van der Waals surface area (Å²) in [4.78, 5) is 0. The van der Waals surface area contributed by atoms with E-state index in [1.54, 1.807) is 6.07 Å². The molecule has 0 aliphatic heterocycles. The highest BCUT2D eigenvalue weighted by atomic mass is 79.9. The number of nitriles is 1. The van der Waals surface area contributed by atoms with Crippen molar-refractivity contribution in [2.24, 2.45) is 0 Å². The summed E-state index contributed by atoms with van der Waals surface area (Å²) in [7, 11) is 0. The number of aromatic nitrogens is 2. The van der Waals surface area contributed by atoms with Crippen molar-refractivity contribution in [3.8, 4) is 6.07 Å². The third-order valence-electron chi connectivity index (χ3n) is 2.75. The second-order valence-electron chi connectivity index (χ2n) is 4.00. The molecule has 0 saturated heterocycles. The van der Waals surface area contributed by atoms with Crippen LogP contribution in [0.2, 0.25) is 5.02 Å². The number of hydrogen-bond donors (Lipinski definition) is 1. The van der Waals surface area contributed by atoms with Gasteiger partial charge < -0.3 is 5.32 Å². The zero-order valence-corrected chi connectivity index (χ0v) is 12.7. The fourth-order valence-corrected chi connectivity index (χ4v) is 2.04. The van der Waals surface area contributed by atoms with Gasteiger partial charge in [0.25, 0.3) is 0 Å². The van der Waals surface area contributed by atoms with Gasteiger partial charge in [0.1, 0.15) is 11.6 Å². The standard InChI is InChI=1S/C13H10BrClN4/c1-7-8(2)18-19-13(10(7)6-16)17-9-3-4-12(15)11(14)5-9/h3-5H,1-2H3,(H,17,19). The summed E-state index contributed by atoms with van der Waals surface area (Å²) in [5.41, 5.74) is 2.86. The quantitative estimate of drug-likeness (QED) is 0.895. The Labute approximate surface area is 124 Å². The van der Waals surface area contributed by atoms with Crippen LogP contribution in [0, 0.1) is 25.2 Å². The molecule has 6 heteroatoms. The lowest BCUT2D eigenvalue weighted by atomic mass is 10.1. The van der Waals surface area contributed by atoms with Gasteiger partial charge in [-0.15, -0.1) is 5.10 Å². The van der Waals surface area contributed by atoms with Gasteiger partial charge in [0.2, 0.25) is 0 Å². The average Bonchev–Trinajstić information content (AvgIpc) is 2.39. The molecular weight excluding hydrogens is 328 g/mol. The van der Waals surface area contributed by atoms with E-state index in [1.807, 2.05) is 26.0 Å². The summed E-state index contributed by atoms with van der Waals surface area (Å²) in [6.07, 6.45) is 0. The van der Waals surface area contributed by atoms with Crippen LogP contribution in [0.15, 0.2) is 22.7 Å². The van der Waals surface area contributed by atoms with Crippen LogP contribution in [0.4, 0.5) is 11.5 Å². The van der Waals surface area contributed by atoms with Crippen molar-refractivity contribution in [3.63, 3.8) is 0 Å². The summed E-state index contributed by atoms with van der Waals surface area (Å²) in [6, 6.07) is 7.54. The van der Waals surface area contributed by atoms with Gasteiger partial charge in [-0.25, -0.2) is 0 Å². The first-order chi connectivity index (χ1) is 9.02. The summed E-state index contributed by atoms with van der Waals surface area (Å²) >= 11 is 9.28. The Kier molecular flexibility index (Phi) is 4.03. The minimum absolute atomic E-state index is 0.444. The zero-order valence-electron chi connectivity index (χ0n) is 10.3. The molecule has 2 aromatic rings. The van der Waals surface area contributed by atoms with Crippen LogP contribution in [0.1, 0.15) is 16.8 Å². The molecule has 0 unspecified atom stereocenters. The molecule has 0 saturated carbocycles. The minimum atomic E-state index is 0.444. The van der Waals surface area contributed by atoms with Gasteiger partial charge in [0.15, 0.2) is 5.82 Å². The molecule has 0 atom stereocenters. The van der Waals surface area contributed by atoms with Crippen molar-refractivity contribution in [2.75, 3.05) is 5.32 Å². The molecule has 0 fully saturated rings. The van der Waals surface area contributed by atoms with E-state index in [0.29, 0.717) is 16.4 Å². The number of hydrogen-bond acceptors (Lipinski definition) is 4. The number of anilines is 2. The van der Waals surface area contributed by atoms with Crippen LogP contribution < -0.4 is 5.32 Å². The second kappa shape index (κ2) is 5.55. The van der Waals surface area contributed by atoms with E-state index >= 15 is 0 Å². The molecule has 96 valence electrons. The largest absolute Gasteiger partial charge is 0.338 e. The molecular formula is C13H10BrClN4. The van der Waals surface area contributed by atoms with Crippen LogP contribution in [-0.4, -0.2) is 10.2 Å². The van der Waals surface area contributed by atoms with Gasteiger partial charge in [-0.05, 0) is 53.5 Å². The third-order valence-corrected chi connectivity index (χ3v) is 3.96. The molecule has 0 bridgehead atoms. The highest BCUT2D eigenvalue weighted by Gasteiger charge is 2.11. The average molecular weight is 338 g/mol. The summed E-state index contributed by atoms with van der Waals surface area (Å²) in [5, 5.41) is 21.0. The molecule has 2 rings (SSSR count). The van der Waals surface area contributed by atoms with Crippen LogP contribution >= 0.6 is 27.5 Å². The Morgan fingerprint density at radius 1 is 1.32 bits per heavy atom. The predicted molar refractivity (Wildman–Crippen MR) is 78.7 cm³/mol. The lowest BCUT2D eigenvalue weighted by Crippen LogP contribution is -2.03. The van der Waals surface area contributed by atoms with Gasteiger partial charge in [0, 0.05) is 10.2 Å². The topological polar surface area (TPSA) is 61.6 Å². The molecule has 0 radical (unpaired) electrons. The number of nitrogens with zero attached hydrogens (tertiary/aromatic N) is 3. The Morgan fingerprint density at radius 3 is 2.68 bits per heavy atom. The van der Waals surface area contributed by atoms with E-state index in [4.69, 9.17) is 11.6 Å². The first kappa shape index (κ1) is 13.8. The van der Waals surface area contributed by atoms with E-state index < -0.39 is 0 Å². The lowest BCUT2D eigenvalue weighted by Gasteiger charge is -2.10. The summed E-state index contributed by atoms with van der Waals surface area (Å²) in [6.45, 7) is 3.68. The normalized spacial score (nSPS) is 10.1. The Bertz CT molecular complexity index is 679. The van der Waals surface area contributed by atoms with E-state index in [1.165, 1.54) is 0 Å². The highest BCUT2D eigenvalue weighted by molar-refractivity contribution is 9.10. The molecule has 0 amide bonds. The number of rotatable bonds is 2. The fourth-order valence-electron chi connectivity index (χ4n) is 1.54. The Balaban J connectivity index is 2.41. The van der Waals surface area contributed by atoms with Gasteiger partial charge in [0.05, 0.1) is 10.7 Å². The minimum Gasteiger partial charge on any atom is -0.338 e. The molecule has 0 aliphatic carbocycles. The number of benzene rings is 1. The first-order valence-electron chi connectivity index (χ1n) is 5.49. The third kappa shape index (κ3) is 2.86. The van der Waals surface area contributed by atoms with Crippen molar-refractivity contribution in [1.29, 1.82) is 5.26 Å². The van der Waals surface area contributed by atoms with Gasteiger partial charge >= 0.3 is 0 Å².